The van der Waals surface area contributed by atoms with E-state index < -0.39 is 0 Å². The maximum absolute atomic E-state index is 12.3. The Balaban J connectivity index is 1.47. The molecule has 0 bridgehead atoms. The number of rotatable bonds is 4. The molecule has 1 amide bonds. The van der Waals surface area contributed by atoms with Crippen LogP contribution in [0.1, 0.15) is 18.4 Å². The Morgan fingerprint density at radius 1 is 1.26 bits per heavy atom. The first-order valence-corrected chi connectivity index (χ1v) is 9.07. The van der Waals surface area contributed by atoms with E-state index in [0.717, 1.165) is 49.4 Å². The highest BCUT2D eigenvalue weighted by atomic mass is 79.9. The number of hydrogen-bond acceptors (Lipinski definition) is 3. The summed E-state index contributed by atoms with van der Waals surface area (Å²) in [6.07, 6.45) is 6.31. The number of ether oxygens (including phenoxy) is 1. The van der Waals surface area contributed by atoms with Crippen LogP contribution in [0, 0.1) is 0 Å². The fraction of sp³-hybridized carbons (Fsp3) is 0.500. The molecule has 0 aliphatic carbocycles. The lowest BCUT2D eigenvalue weighted by atomic mass is 10.2. The monoisotopic (exact) mass is 378 g/mol. The smallest absolute Gasteiger partial charge is 0.246 e. The van der Waals surface area contributed by atoms with Crippen LogP contribution in [0.5, 0.6) is 0 Å². The van der Waals surface area contributed by atoms with Crippen molar-refractivity contribution in [1.29, 1.82) is 0 Å². The van der Waals surface area contributed by atoms with E-state index in [1.807, 2.05) is 35.2 Å². The molecular weight excluding hydrogens is 356 g/mol. The van der Waals surface area contributed by atoms with Gasteiger partial charge in [0, 0.05) is 49.9 Å². The van der Waals surface area contributed by atoms with Crippen LogP contribution in [0.4, 0.5) is 0 Å². The Bertz CT molecular complexity index is 562. The van der Waals surface area contributed by atoms with Crippen LogP contribution in [0.15, 0.2) is 34.8 Å². The number of carbonyl (C=O) groups excluding carboxylic acids is 1. The Hall–Kier alpha value is -1.17. The van der Waals surface area contributed by atoms with Crippen molar-refractivity contribution in [3.63, 3.8) is 0 Å². The van der Waals surface area contributed by atoms with Gasteiger partial charge in [-0.05, 0) is 30.5 Å². The Labute approximate surface area is 146 Å². The highest BCUT2D eigenvalue weighted by molar-refractivity contribution is 9.10. The molecule has 0 spiro atoms. The lowest BCUT2D eigenvalue weighted by molar-refractivity contribution is -0.127. The van der Waals surface area contributed by atoms with Gasteiger partial charge in [0.15, 0.2) is 0 Å². The maximum atomic E-state index is 12.3. The van der Waals surface area contributed by atoms with Gasteiger partial charge in [-0.3, -0.25) is 9.69 Å². The van der Waals surface area contributed by atoms with Crippen molar-refractivity contribution in [2.45, 2.75) is 18.9 Å². The van der Waals surface area contributed by atoms with Crippen molar-refractivity contribution in [1.82, 2.24) is 9.80 Å². The van der Waals surface area contributed by atoms with Gasteiger partial charge in [-0.15, -0.1) is 0 Å². The zero-order valence-corrected chi connectivity index (χ0v) is 14.9. The molecule has 1 atom stereocenters. The molecule has 1 unspecified atom stereocenters. The summed E-state index contributed by atoms with van der Waals surface area (Å²) in [6.45, 7) is 5.39. The van der Waals surface area contributed by atoms with E-state index in [2.05, 4.69) is 20.8 Å². The predicted octanol–water partition coefficient (Wildman–Crippen LogP) is 2.79. The van der Waals surface area contributed by atoms with Gasteiger partial charge >= 0.3 is 0 Å². The van der Waals surface area contributed by atoms with E-state index in [1.165, 1.54) is 12.8 Å². The van der Waals surface area contributed by atoms with E-state index in [0.29, 0.717) is 6.10 Å². The first-order chi connectivity index (χ1) is 11.2. The molecule has 2 heterocycles. The molecule has 23 heavy (non-hydrogen) atoms. The van der Waals surface area contributed by atoms with Crippen LogP contribution in [0.25, 0.3) is 6.08 Å². The summed E-state index contributed by atoms with van der Waals surface area (Å²) < 4.78 is 6.70. The molecule has 1 aromatic rings. The van der Waals surface area contributed by atoms with Crippen LogP contribution in [0.2, 0.25) is 0 Å². The number of benzene rings is 1. The topological polar surface area (TPSA) is 32.8 Å². The molecule has 0 aromatic heterocycles. The molecule has 2 aliphatic heterocycles. The van der Waals surface area contributed by atoms with Crippen LogP contribution in [0.3, 0.4) is 0 Å². The maximum Gasteiger partial charge on any atom is 0.246 e. The normalized spacial score (nSPS) is 22.8. The third kappa shape index (κ3) is 4.66. The van der Waals surface area contributed by atoms with E-state index >= 15 is 0 Å². The van der Waals surface area contributed by atoms with Crippen molar-refractivity contribution in [2.24, 2.45) is 0 Å². The van der Waals surface area contributed by atoms with Gasteiger partial charge < -0.3 is 9.64 Å². The molecule has 0 radical (unpaired) electrons. The molecule has 4 nitrogen and oxygen atoms in total. The van der Waals surface area contributed by atoms with E-state index in [-0.39, 0.29) is 5.91 Å². The van der Waals surface area contributed by atoms with Crippen molar-refractivity contribution in [3.8, 4) is 0 Å². The molecule has 2 aliphatic rings. The summed E-state index contributed by atoms with van der Waals surface area (Å²) in [5, 5.41) is 0. The fourth-order valence-electron chi connectivity index (χ4n) is 3.10. The second-order valence-corrected chi connectivity index (χ2v) is 6.97. The van der Waals surface area contributed by atoms with Gasteiger partial charge in [0.05, 0.1) is 6.10 Å². The third-order valence-electron chi connectivity index (χ3n) is 4.48. The average molecular weight is 379 g/mol. The molecule has 0 N–H and O–H groups in total. The highest BCUT2D eigenvalue weighted by Gasteiger charge is 2.23. The average Bonchev–Trinajstić information content (AvgIpc) is 3.07. The number of carbonyl (C=O) groups is 1. The molecule has 5 heteroatoms. The zero-order valence-electron chi connectivity index (χ0n) is 13.3. The number of piperazine rings is 1. The summed E-state index contributed by atoms with van der Waals surface area (Å²) in [5.41, 5.74) is 1.03. The third-order valence-corrected chi connectivity index (χ3v) is 5.20. The first kappa shape index (κ1) is 16.7. The Morgan fingerprint density at radius 2 is 2.04 bits per heavy atom. The summed E-state index contributed by atoms with van der Waals surface area (Å²) in [4.78, 5) is 16.7. The van der Waals surface area contributed by atoms with Gasteiger partial charge in [-0.1, -0.05) is 34.1 Å². The Morgan fingerprint density at radius 3 is 2.74 bits per heavy atom. The minimum absolute atomic E-state index is 0.0949. The zero-order chi connectivity index (χ0) is 16.1. The summed E-state index contributed by atoms with van der Waals surface area (Å²) in [6, 6.07) is 7.91. The van der Waals surface area contributed by atoms with Gasteiger partial charge in [-0.2, -0.15) is 0 Å². The second kappa shape index (κ2) is 8.08. The fourth-order valence-corrected chi connectivity index (χ4v) is 3.52. The first-order valence-electron chi connectivity index (χ1n) is 8.28. The second-order valence-electron chi connectivity index (χ2n) is 6.12. The largest absolute Gasteiger partial charge is 0.377 e. The van der Waals surface area contributed by atoms with E-state index in [4.69, 9.17) is 4.74 Å². The van der Waals surface area contributed by atoms with Gasteiger partial charge in [-0.25, -0.2) is 0 Å². The van der Waals surface area contributed by atoms with E-state index in [9.17, 15) is 4.79 Å². The molecular formula is C18H23BrN2O2. The minimum atomic E-state index is 0.0949. The van der Waals surface area contributed by atoms with Gasteiger partial charge in [0.1, 0.15) is 0 Å². The predicted molar refractivity (Wildman–Crippen MR) is 95.2 cm³/mol. The standard InChI is InChI=1S/C18H23BrN2O2/c19-17-6-2-1-4-15(17)7-8-18(22)21-11-9-20(10-12-21)14-16-5-3-13-23-16/h1-2,4,6-8,16H,3,5,9-14H2. The summed E-state index contributed by atoms with van der Waals surface area (Å²) in [7, 11) is 0. The minimum Gasteiger partial charge on any atom is -0.377 e. The molecule has 1 aromatic carbocycles. The molecule has 2 fully saturated rings. The van der Waals surface area contributed by atoms with Crippen LogP contribution in [-0.4, -0.2) is 61.1 Å². The number of halogens is 1. The van der Waals surface area contributed by atoms with Crippen LogP contribution in [-0.2, 0) is 9.53 Å². The molecule has 0 saturated carbocycles. The van der Waals surface area contributed by atoms with Crippen LogP contribution < -0.4 is 0 Å². The number of hydrogen-bond donors (Lipinski definition) is 0. The van der Waals surface area contributed by atoms with Crippen molar-refractivity contribution >= 4 is 27.9 Å². The van der Waals surface area contributed by atoms with Gasteiger partial charge in [0.2, 0.25) is 5.91 Å². The summed E-state index contributed by atoms with van der Waals surface area (Å²) >= 11 is 3.50. The van der Waals surface area contributed by atoms with E-state index in [1.54, 1.807) is 6.08 Å². The molecule has 124 valence electrons. The quantitative estimate of drug-likeness (QED) is 0.755. The summed E-state index contributed by atoms with van der Waals surface area (Å²) in [5.74, 6) is 0.0949. The lowest BCUT2D eigenvalue weighted by Gasteiger charge is -2.35. The van der Waals surface area contributed by atoms with Gasteiger partial charge in [0.25, 0.3) is 0 Å². The lowest BCUT2D eigenvalue weighted by Crippen LogP contribution is -2.50. The number of nitrogens with zero attached hydrogens (tertiary/aromatic N) is 2. The van der Waals surface area contributed by atoms with Crippen molar-refractivity contribution in [3.05, 3.63) is 40.4 Å². The van der Waals surface area contributed by atoms with Crippen molar-refractivity contribution < 1.29 is 9.53 Å². The molecule has 2 saturated heterocycles. The number of amides is 1. The van der Waals surface area contributed by atoms with Crippen molar-refractivity contribution in [2.75, 3.05) is 39.3 Å². The molecule has 3 rings (SSSR count). The highest BCUT2D eigenvalue weighted by Crippen LogP contribution is 2.18. The SMILES string of the molecule is O=C(C=Cc1ccccc1Br)N1CCN(CC2CCCO2)CC1. The van der Waals surface area contributed by atoms with Crippen LogP contribution >= 0.6 is 15.9 Å². The Kier molecular flexibility index (Phi) is 5.86.